The molecule has 33 heavy (non-hydrogen) atoms. The van der Waals surface area contributed by atoms with Gasteiger partial charge in [-0.25, -0.2) is 18.7 Å². The molecule has 0 bridgehead atoms. The highest BCUT2D eigenvalue weighted by Crippen LogP contribution is 2.37. The van der Waals surface area contributed by atoms with E-state index in [1.54, 1.807) is 12.3 Å². The maximum absolute atomic E-state index is 14.6. The van der Waals surface area contributed by atoms with Crippen molar-refractivity contribution < 1.29 is 13.9 Å². The first-order chi connectivity index (χ1) is 15.9. The largest absolute Gasteiger partial charge is 0.394 e. The number of halogens is 2. The lowest BCUT2D eigenvalue weighted by molar-refractivity contribution is 0.271. The molecule has 10 heteroatoms. The molecule has 2 heterocycles. The van der Waals surface area contributed by atoms with Crippen molar-refractivity contribution in [1.82, 2.24) is 19.5 Å². The van der Waals surface area contributed by atoms with E-state index in [4.69, 9.17) is 5.26 Å². The van der Waals surface area contributed by atoms with Crippen LogP contribution in [0, 0.1) is 28.9 Å². The summed E-state index contributed by atoms with van der Waals surface area (Å²) in [6.45, 7) is 4.11. The minimum Gasteiger partial charge on any atom is -0.394 e. The van der Waals surface area contributed by atoms with Crippen LogP contribution in [-0.4, -0.2) is 37.3 Å². The minimum absolute atomic E-state index is 0.0538. The molecule has 0 amide bonds. The molecule has 0 spiro atoms. The normalized spacial score (nSPS) is 19.3. The molecule has 1 aliphatic carbocycles. The molecular weight excluding hydrogens is 428 g/mol. The number of nitrogens with one attached hydrogen (secondary N) is 2. The van der Waals surface area contributed by atoms with Crippen molar-refractivity contribution in [2.45, 2.75) is 58.0 Å². The fraction of sp³-hybridized carbons (Fsp3) is 0.478. The molecule has 174 valence electrons. The summed E-state index contributed by atoms with van der Waals surface area (Å²) in [5.41, 5.74) is 0.582. The first-order valence-corrected chi connectivity index (χ1v) is 11.2. The average molecular weight is 456 g/mol. The fourth-order valence-electron chi connectivity index (χ4n) is 4.22. The number of imidazole rings is 1. The van der Waals surface area contributed by atoms with Crippen LogP contribution in [0.25, 0.3) is 11.2 Å². The Labute approximate surface area is 190 Å². The summed E-state index contributed by atoms with van der Waals surface area (Å²) in [7, 11) is 0. The van der Waals surface area contributed by atoms with Crippen molar-refractivity contribution in [3.05, 3.63) is 35.5 Å². The summed E-state index contributed by atoms with van der Waals surface area (Å²) >= 11 is 0. The second-order valence-corrected chi connectivity index (χ2v) is 8.61. The monoisotopic (exact) mass is 455 g/mol. The fourth-order valence-corrected chi connectivity index (χ4v) is 4.22. The topological polar surface area (TPSA) is 112 Å². The molecule has 0 unspecified atom stereocenters. The molecular formula is C23H27F2N7O. The molecule has 2 aromatic heterocycles. The van der Waals surface area contributed by atoms with E-state index in [1.165, 1.54) is 0 Å². The van der Waals surface area contributed by atoms with E-state index < -0.39 is 11.6 Å². The van der Waals surface area contributed by atoms with Crippen LogP contribution in [0.2, 0.25) is 0 Å². The molecule has 1 fully saturated rings. The predicted octanol–water partition coefficient (Wildman–Crippen LogP) is 4.65. The summed E-state index contributed by atoms with van der Waals surface area (Å²) in [6, 6.07) is 3.59. The number of aliphatic hydroxyl groups excluding tert-OH is 1. The van der Waals surface area contributed by atoms with Gasteiger partial charge in [0.1, 0.15) is 11.2 Å². The third-order valence-corrected chi connectivity index (χ3v) is 6.24. The van der Waals surface area contributed by atoms with Gasteiger partial charge in [0.05, 0.1) is 30.5 Å². The van der Waals surface area contributed by atoms with Crippen LogP contribution in [0.4, 0.5) is 26.4 Å². The number of rotatable bonds is 7. The number of anilines is 3. The lowest BCUT2D eigenvalue weighted by Gasteiger charge is -2.28. The zero-order chi connectivity index (χ0) is 23.5. The number of nitrogens with zero attached hydrogens (tertiary/aromatic N) is 5. The number of aliphatic hydroxyl groups is 1. The van der Waals surface area contributed by atoms with Gasteiger partial charge in [0, 0.05) is 6.04 Å². The minimum atomic E-state index is -0.871. The molecule has 0 saturated heterocycles. The second-order valence-electron chi connectivity index (χ2n) is 8.61. The average Bonchev–Trinajstić information content (AvgIpc) is 3.17. The molecule has 0 radical (unpaired) electrons. The zero-order valence-electron chi connectivity index (χ0n) is 18.6. The van der Waals surface area contributed by atoms with E-state index in [9.17, 15) is 13.9 Å². The van der Waals surface area contributed by atoms with Crippen LogP contribution >= 0.6 is 0 Å². The maximum atomic E-state index is 14.6. The Kier molecular flexibility index (Phi) is 6.70. The van der Waals surface area contributed by atoms with Gasteiger partial charge in [0.2, 0.25) is 11.9 Å². The lowest BCUT2D eigenvalue weighted by atomic mass is 9.87. The first-order valence-electron chi connectivity index (χ1n) is 11.2. The van der Waals surface area contributed by atoms with Gasteiger partial charge >= 0.3 is 0 Å². The van der Waals surface area contributed by atoms with Gasteiger partial charge in [0.25, 0.3) is 0 Å². The van der Waals surface area contributed by atoms with Crippen molar-refractivity contribution >= 4 is 28.7 Å². The molecule has 1 saturated carbocycles. The highest BCUT2D eigenvalue weighted by Gasteiger charge is 2.26. The van der Waals surface area contributed by atoms with Crippen LogP contribution in [0.3, 0.4) is 0 Å². The Bertz CT molecular complexity index is 1150. The summed E-state index contributed by atoms with van der Waals surface area (Å²) in [6.07, 6.45) is 6.10. The quantitative estimate of drug-likeness (QED) is 0.475. The SMILES string of the molecule is CC[C@@H](CO)Nc1ncc2nc(Nc3c(F)cc(C#N)cc3F)n([C@H]3CC[C@@H](C)CC3)c2n1. The molecule has 1 atom stereocenters. The van der Waals surface area contributed by atoms with Crippen LogP contribution in [0.15, 0.2) is 18.3 Å². The molecule has 1 aliphatic rings. The Morgan fingerprint density at radius 3 is 2.52 bits per heavy atom. The maximum Gasteiger partial charge on any atom is 0.225 e. The Morgan fingerprint density at radius 1 is 1.21 bits per heavy atom. The Balaban J connectivity index is 1.78. The molecule has 0 aliphatic heterocycles. The standard InChI is InChI=1S/C23H27F2N7O/c1-3-15(12-33)28-22-27-11-19-21(31-22)32(16-6-4-13(2)5-7-16)23(29-19)30-20-17(24)8-14(10-26)9-18(20)25/h8-9,11,13,15-16,33H,3-7,12H2,1-2H3,(H,29,30)(H,27,28,31)/t13-,15-,16+/m0/s1. The number of fused-ring (bicyclic) bond motifs is 1. The summed E-state index contributed by atoms with van der Waals surface area (Å²) < 4.78 is 31.1. The zero-order valence-corrected chi connectivity index (χ0v) is 18.6. The first kappa shape index (κ1) is 22.9. The van der Waals surface area contributed by atoms with E-state index >= 15 is 0 Å². The Morgan fingerprint density at radius 2 is 1.91 bits per heavy atom. The van der Waals surface area contributed by atoms with Gasteiger partial charge in [-0.3, -0.25) is 4.57 Å². The van der Waals surface area contributed by atoms with Gasteiger partial charge in [-0.15, -0.1) is 0 Å². The molecule has 3 N–H and O–H groups in total. The van der Waals surface area contributed by atoms with Crippen molar-refractivity contribution in [2.24, 2.45) is 5.92 Å². The summed E-state index contributed by atoms with van der Waals surface area (Å²) in [4.78, 5) is 13.5. The predicted molar refractivity (Wildman–Crippen MR) is 121 cm³/mol. The smallest absolute Gasteiger partial charge is 0.225 e. The van der Waals surface area contributed by atoms with Crippen LogP contribution in [0.1, 0.15) is 57.6 Å². The number of aromatic nitrogens is 4. The van der Waals surface area contributed by atoms with E-state index in [0.29, 0.717) is 29.5 Å². The van der Waals surface area contributed by atoms with Gasteiger partial charge in [-0.05, 0) is 50.2 Å². The van der Waals surface area contributed by atoms with Crippen LogP contribution < -0.4 is 10.6 Å². The Hall–Kier alpha value is -3.32. The molecule has 4 rings (SSSR count). The van der Waals surface area contributed by atoms with Gasteiger partial charge in [0.15, 0.2) is 17.3 Å². The summed E-state index contributed by atoms with van der Waals surface area (Å²) in [5, 5.41) is 24.4. The van der Waals surface area contributed by atoms with Gasteiger partial charge in [-0.2, -0.15) is 10.2 Å². The van der Waals surface area contributed by atoms with Crippen molar-refractivity contribution in [3.63, 3.8) is 0 Å². The van der Waals surface area contributed by atoms with Gasteiger partial charge in [-0.1, -0.05) is 13.8 Å². The van der Waals surface area contributed by atoms with E-state index in [2.05, 4.69) is 32.5 Å². The van der Waals surface area contributed by atoms with E-state index in [0.717, 1.165) is 37.8 Å². The number of benzene rings is 1. The molecule has 3 aromatic rings. The van der Waals surface area contributed by atoms with Crippen LogP contribution in [0.5, 0.6) is 0 Å². The van der Waals surface area contributed by atoms with Gasteiger partial charge < -0.3 is 15.7 Å². The lowest BCUT2D eigenvalue weighted by Crippen LogP contribution is -2.24. The number of nitriles is 1. The molecule has 8 nitrogen and oxygen atoms in total. The highest BCUT2D eigenvalue weighted by molar-refractivity contribution is 5.77. The van der Waals surface area contributed by atoms with Crippen molar-refractivity contribution in [3.8, 4) is 6.07 Å². The van der Waals surface area contributed by atoms with E-state index in [-0.39, 0.29) is 35.9 Å². The number of hydrogen-bond acceptors (Lipinski definition) is 7. The van der Waals surface area contributed by atoms with Crippen molar-refractivity contribution in [1.29, 1.82) is 5.26 Å². The second kappa shape index (κ2) is 9.67. The third kappa shape index (κ3) is 4.73. The highest BCUT2D eigenvalue weighted by atomic mass is 19.1. The summed E-state index contributed by atoms with van der Waals surface area (Å²) in [5.74, 6) is -0.500. The van der Waals surface area contributed by atoms with Crippen molar-refractivity contribution in [2.75, 3.05) is 17.2 Å². The molecule has 1 aromatic carbocycles. The van der Waals surface area contributed by atoms with E-state index in [1.807, 2.05) is 11.5 Å². The van der Waals surface area contributed by atoms with Crippen LogP contribution in [-0.2, 0) is 0 Å². The number of hydrogen-bond donors (Lipinski definition) is 3. The third-order valence-electron chi connectivity index (χ3n) is 6.24.